The molecule has 0 aliphatic heterocycles. The third-order valence-electron chi connectivity index (χ3n) is 2.90. The number of nitrogens with two attached hydrogens (primary N) is 1. The molecule has 0 amide bonds. The maximum atomic E-state index is 12.8. The van der Waals surface area contributed by atoms with E-state index in [0.29, 0.717) is 12.4 Å². The van der Waals surface area contributed by atoms with Crippen molar-refractivity contribution in [3.05, 3.63) is 47.5 Å². The monoisotopic (exact) mass is 274 g/mol. The lowest BCUT2D eigenvalue weighted by Crippen LogP contribution is -2.09. The first-order chi connectivity index (χ1) is 9.67. The van der Waals surface area contributed by atoms with Crippen molar-refractivity contribution in [2.75, 3.05) is 17.6 Å². The molecule has 0 fully saturated rings. The lowest BCUT2D eigenvalue weighted by atomic mass is 10.1. The van der Waals surface area contributed by atoms with E-state index < -0.39 is 0 Å². The van der Waals surface area contributed by atoms with Gasteiger partial charge in [0, 0.05) is 19.0 Å². The summed E-state index contributed by atoms with van der Waals surface area (Å²) in [6, 6.07) is 8.24. The summed E-state index contributed by atoms with van der Waals surface area (Å²) in [7, 11) is 0. The number of nitrogen functional groups attached to an aromatic ring is 1. The van der Waals surface area contributed by atoms with Crippen LogP contribution in [0.5, 0.6) is 0 Å². The number of anilines is 2. The Morgan fingerprint density at radius 2 is 1.90 bits per heavy atom. The van der Waals surface area contributed by atoms with Crippen LogP contribution in [0.15, 0.2) is 30.3 Å². The summed E-state index contributed by atoms with van der Waals surface area (Å²) >= 11 is 0. The lowest BCUT2D eigenvalue weighted by molar-refractivity contribution is 0.627. The Balaban J connectivity index is 1.91. The Kier molecular flexibility index (Phi) is 4.87. The molecule has 0 radical (unpaired) electrons. The summed E-state index contributed by atoms with van der Waals surface area (Å²) < 4.78 is 12.8. The summed E-state index contributed by atoms with van der Waals surface area (Å²) in [4.78, 5) is 8.59. The first kappa shape index (κ1) is 14.2. The molecule has 4 nitrogen and oxygen atoms in total. The van der Waals surface area contributed by atoms with Crippen LogP contribution in [0.4, 0.5) is 16.0 Å². The van der Waals surface area contributed by atoms with Crippen molar-refractivity contribution < 1.29 is 4.39 Å². The molecule has 0 aliphatic rings. The Hall–Kier alpha value is -2.17. The Bertz CT molecular complexity index is 554. The zero-order valence-electron chi connectivity index (χ0n) is 11.6. The van der Waals surface area contributed by atoms with Gasteiger partial charge in [-0.25, -0.2) is 14.4 Å². The maximum absolute atomic E-state index is 12.8. The second-order valence-electron chi connectivity index (χ2n) is 4.65. The van der Waals surface area contributed by atoms with Gasteiger partial charge in [-0.1, -0.05) is 19.1 Å². The van der Waals surface area contributed by atoms with Gasteiger partial charge in [0.2, 0.25) is 0 Å². The fourth-order valence-electron chi connectivity index (χ4n) is 1.93. The van der Waals surface area contributed by atoms with Gasteiger partial charge < -0.3 is 11.1 Å². The van der Waals surface area contributed by atoms with Crippen LogP contribution < -0.4 is 11.1 Å². The molecule has 20 heavy (non-hydrogen) atoms. The third kappa shape index (κ3) is 4.19. The number of benzene rings is 1. The van der Waals surface area contributed by atoms with Gasteiger partial charge in [-0.2, -0.15) is 0 Å². The van der Waals surface area contributed by atoms with Crippen LogP contribution in [0.25, 0.3) is 0 Å². The van der Waals surface area contributed by atoms with E-state index in [1.54, 1.807) is 18.2 Å². The van der Waals surface area contributed by atoms with E-state index >= 15 is 0 Å². The quantitative estimate of drug-likeness (QED) is 0.850. The molecule has 0 saturated heterocycles. The van der Waals surface area contributed by atoms with Crippen LogP contribution in [0, 0.1) is 5.82 Å². The molecule has 0 saturated carbocycles. The molecule has 106 valence electrons. The number of nitrogens with one attached hydrogen (secondary N) is 1. The Morgan fingerprint density at radius 1 is 1.15 bits per heavy atom. The normalized spacial score (nSPS) is 10.5. The van der Waals surface area contributed by atoms with Gasteiger partial charge in [-0.05, 0) is 30.5 Å². The van der Waals surface area contributed by atoms with Gasteiger partial charge in [0.05, 0.1) is 0 Å². The molecule has 3 N–H and O–H groups in total. The Morgan fingerprint density at radius 3 is 2.60 bits per heavy atom. The summed E-state index contributed by atoms with van der Waals surface area (Å²) in [5.74, 6) is 1.77. The van der Waals surface area contributed by atoms with Crippen molar-refractivity contribution in [3.63, 3.8) is 0 Å². The molecule has 0 atom stereocenters. The van der Waals surface area contributed by atoms with E-state index in [1.807, 2.05) is 0 Å². The van der Waals surface area contributed by atoms with Crippen LogP contribution in [0.1, 0.15) is 24.7 Å². The highest BCUT2D eigenvalue weighted by molar-refractivity contribution is 5.44. The van der Waals surface area contributed by atoms with Gasteiger partial charge in [0.25, 0.3) is 0 Å². The molecule has 1 aromatic carbocycles. The van der Waals surface area contributed by atoms with Gasteiger partial charge in [-0.15, -0.1) is 0 Å². The average Bonchev–Trinajstić information content (AvgIpc) is 2.41. The maximum Gasteiger partial charge on any atom is 0.133 e. The molecular weight excluding hydrogens is 255 g/mol. The van der Waals surface area contributed by atoms with E-state index in [4.69, 9.17) is 5.73 Å². The van der Waals surface area contributed by atoms with Gasteiger partial charge in [0.1, 0.15) is 23.3 Å². The molecule has 2 aromatic rings. The Labute approximate surface area is 118 Å². The lowest BCUT2D eigenvalue weighted by Gasteiger charge is -2.08. The minimum absolute atomic E-state index is 0.213. The number of halogens is 1. The number of aromatic nitrogens is 2. The third-order valence-corrected chi connectivity index (χ3v) is 2.90. The van der Waals surface area contributed by atoms with Crippen LogP contribution in [-0.2, 0) is 12.8 Å². The molecular formula is C15H19FN4. The van der Waals surface area contributed by atoms with Gasteiger partial charge >= 0.3 is 0 Å². The van der Waals surface area contributed by atoms with Gasteiger partial charge in [-0.3, -0.25) is 0 Å². The predicted molar refractivity (Wildman–Crippen MR) is 79.0 cm³/mol. The SMILES string of the molecule is CCCc1nc(N)cc(NCCc2ccc(F)cc2)n1. The highest BCUT2D eigenvalue weighted by atomic mass is 19.1. The fourth-order valence-corrected chi connectivity index (χ4v) is 1.93. The molecule has 5 heteroatoms. The second-order valence-corrected chi connectivity index (χ2v) is 4.65. The standard InChI is InChI=1S/C15H19FN4/c1-2-3-14-19-13(17)10-15(20-14)18-9-8-11-4-6-12(16)7-5-11/h4-7,10H,2-3,8-9H2,1H3,(H3,17,18,19,20). The van der Waals surface area contributed by atoms with Gasteiger partial charge in [0.15, 0.2) is 0 Å². The van der Waals surface area contributed by atoms with Crippen molar-refractivity contribution in [2.24, 2.45) is 0 Å². The van der Waals surface area contributed by atoms with E-state index in [0.717, 1.165) is 36.5 Å². The number of rotatable bonds is 6. The second kappa shape index (κ2) is 6.84. The van der Waals surface area contributed by atoms with Crippen molar-refractivity contribution in [3.8, 4) is 0 Å². The molecule has 1 aromatic heterocycles. The van der Waals surface area contributed by atoms with E-state index in [-0.39, 0.29) is 5.82 Å². The summed E-state index contributed by atoms with van der Waals surface area (Å²) in [6.07, 6.45) is 2.60. The molecule has 0 spiro atoms. The summed E-state index contributed by atoms with van der Waals surface area (Å²) in [5.41, 5.74) is 6.83. The topological polar surface area (TPSA) is 63.8 Å². The van der Waals surface area contributed by atoms with E-state index in [9.17, 15) is 4.39 Å². The molecule has 1 heterocycles. The van der Waals surface area contributed by atoms with Crippen LogP contribution >= 0.6 is 0 Å². The van der Waals surface area contributed by atoms with Crippen LogP contribution in [-0.4, -0.2) is 16.5 Å². The van der Waals surface area contributed by atoms with Crippen molar-refractivity contribution in [1.82, 2.24) is 9.97 Å². The highest BCUT2D eigenvalue weighted by Crippen LogP contribution is 2.10. The fraction of sp³-hybridized carbons (Fsp3) is 0.333. The molecule has 0 unspecified atom stereocenters. The molecule has 0 bridgehead atoms. The van der Waals surface area contributed by atoms with E-state index in [2.05, 4.69) is 22.2 Å². The van der Waals surface area contributed by atoms with Crippen LogP contribution in [0.2, 0.25) is 0 Å². The van der Waals surface area contributed by atoms with Crippen molar-refractivity contribution in [1.29, 1.82) is 0 Å². The zero-order valence-corrected chi connectivity index (χ0v) is 11.6. The van der Waals surface area contributed by atoms with Crippen molar-refractivity contribution in [2.45, 2.75) is 26.2 Å². The smallest absolute Gasteiger partial charge is 0.133 e. The first-order valence-electron chi connectivity index (χ1n) is 6.79. The number of hydrogen-bond donors (Lipinski definition) is 2. The van der Waals surface area contributed by atoms with E-state index in [1.165, 1.54) is 12.1 Å². The number of nitrogens with zero attached hydrogens (tertiary/aromatic N) is 2. The minimum Gasteiger partial charge on any atom is -0.384 e. The van der Waals surface area contributed by atoms with Crippen LogP contribution in [0.3, 0.4) is 0 Å². The predicted octanol–water partition coefficient (Wildman–Crippen LogP) is 2.81. The summed E-state index contributed by atoms with van der Waals surface area (Å²) in [6.45, 7) is 2.79. The minimum atomic E-state index is -0.213. The number of aryl methyl sites for hydroxylation is 1. The molecule has 2 rings (SSSR count). The molecule has 0 aliphatic carbocycles. The van der Waals surface area contributed by atoms with Crippen molar-refractivity contribution >= 4 is 11.6 Å². The largest absolute Gasteiger partial charge is 0.384 e. The zero-order chi connectivity index (χ0) is 14.4. The first-order valence-corrected chi connectivity index (χ1v) is 6.79. The highest BCUT2D eigenvalue weighted by Gasteiger charge is 2.02. The number of hydrogen-bond acceptors (Lipinski definition) is 4. The average molecular weight is 274 g/mol. The summed E-state index contributed by atoms with van der Waals surface area (Å²) in [5, 5.41) is 3.22.